The van der Waals surface area contributed by atoms with Crippen LogP contribution in [-0.4, -0.2) is 16.8 Å². The Morgan fingerprint density at radius 2 is 1.81 bits per heavy atom. The number of ketones is 1. The van der Waals surface area contributed by atoms with E-state index in [9.17, 15) is 19.1 Å². The smallest absolute Gasteiger partial charge is 0.294 e. The Balaban J connectivity index is 2.19. The van der Waals surface area contributed by atoms with Crippen LogP contribution in [-0.2, 0) is 9.59 Å². The van der Waals surface area contributed by atoms with Crippen molar-refractivity contribution in [3.8, 4) is 0 Å². The van der Waals surface area contributed by atoms with Crippen LogP contribution in [0.5, 0.6) is 0 Å². The highest BCUT2D eigenvalue weighted by Crippen LogP contribution is 2.41. The zero-order valence-electron chi connectivity index (χ0n) is 14.9. The zero-order valence-corrected chi connectivity index (χ0v) is 14.9. The average Bonchev–Trinajstić information content (AvgIpc) is 2.86. The fraction of sp³-hybridized carbons (Fsp3) is 0.238. The first-order valence-electron chi connectivity index (χ1n) is 8.44. The van der Waals surface area contributed by atoms with E-state index < -0.39 is 23.5 Å². The molecule has 1 heterocycles. The molecule has 5 heteroatoms. The van der Waals surface area contributed by atoms with Gasteiger partial charge in [-0.3, -0.25) is 14.5 Å². The number of aliphatic hydroxyl groups excluding tert-OH is 1. The maximum atomic E-state index is 13.3. The third-order valence-corrected chi connectivity index (χ3v) is 4.46. The second-order valence-corrected chi connectivity index (χ2v) is 6.75. The summed E-state index contributed by atoms with van der Waals surface area (Å²) in [5.41, 5.74) is 2.19. The molecular formula is C21H20FNO3. The number of nitrogens with zero attached hydrogens (tertiary/aromatic N) is 1. The molecule has 1 unspecified atom stereocenters. The van der Waals surface area contributed by atoms with Gasteiger partial charge < -0.3 is 5.11 Å². The topological polar surface area (TPSA) is 57.6 Å². The number of hydrogen-bond donors (Lipinski definition) is 1. The lowest BCUT2D eigenvalue weighted by molar-refractivity contribution is -0.119. The average molecular weight is 353 g/mol. The molecule has 2 aromatic carbocycles. The number of Topliss-reactive ketones (excluding diaryl/α,β-unsaturated/α-hetero) is 1. The number of benzene rings is 2. The number of halogens is 1. The molecule has 0 aliphatic carbocycles. The van der Waals surface area contributed by atoms with E-state index in [1.807, 2.05) is 31.2 Å². The lowest BCUT2D eigenvalue weighted by atomic mass is 9.90. The number of carbonyl (C=O) groups is 2. The molecule has 0 fully saturated rings. The molecule has 4 nitrogen and oxygen atoms in total. The van der Waals surface area contributed by atoms with Gasteiger partial charge in [-0.05, 0) is 36.8 Å². The van der Waals surface area contributed by atoms with Gasteiger partial charge in [0.25, 0.3) is 5.91 Å². The van der Waals surface area contributed by atoms with Crippen molar-refractivity contribution in [3.63, 3.8) is 0 Å². The van der Waals surface area contributed by atoms with Crippen LogP contribution in [0.15, 0.2) is 59.9 Å². The summed E-state index contributed by atoms with van der Waals surface area (Å²) in [6.45, 7) is 5.36. The third-order valence-electron chi connectivity index (χ3n) is 4.46. The second-order valence-electron chi connectivity index (χ2n) is 6.75. The number of aryl methyl sites for hydroxylation is 1. The molecule has 1 aliphatic heterocycles. The van der Waals surface area contributed by atoms with Crippen LogP contribution in [0.3, 0.4) is 0 Å². The number of amides is 1. The van der Waals surface area contributed by atoms with Gasteiger partial charge in [0.05, 0.1) is 11.6 Å². The number of anilines is 1. The van der Waals surface area contributed by atoms with E-state index in [4.69, 9.17) is 0 Å². The number of aliphatic hydroxyl groups is 1. The van der Waals surface area contributed by atoms with Gasteiger partial charge in [0, 0.05) is 11.6 Å². The van der Waals surface area contributed by atoms with E-state index in [-0.39, 0.29) is 17.3 Å². The third kappa shape index (κ3) is 3.01. The van der Waals surface area contributed by atoms with Gasteiger partial charge in [-0.25, -0.2) is 4.39 Å². The molecule has 0 spiro atoms. The number of hydrogen-bond acceptors (Lipinski definition) is 3. The van der Waals surface area contributed by atoms with Gasteiger partial charge in [0.2, 0.25) is 0 Å². The van der Waals surface area contributed by atoms with Crippen molar-refractivity contribution in [2.75, 3.05) is 4.90 Å². The SMILES string of the molecule is Cc1cccc(C2C(C(=O)C(C)C)=C(O)C(=O)N2c2ccc(F)cc2)c1. The molecule has 134 valence electrons. The van der Waals surface area contributed by atoms with Gasteiger partial charge in [0.15, 0.2) is 11.5 Å². The highest BCUT2D eigenvalue weighted by atomic mass is 19.1. The maximum Gasteiger partial charge on any atom is 0.294 e. The fourth-order valence-electron chi connectivity index (χ4n) is 3.19. The van der Waals surface area contributed by atoms with Crippen molar-refractivity contribution >= 4 is 17.4 Å². The molecule has 0 saturated heterocycles. The van der Waals surface area contributed by atoms with E-state index in [2.05, 4.69) is 0 Å². The molecule has 1 amide bonds. The van der Waals surface area contributed by atoms with Crippen LogP contribution in [0.1, 0.15) is 31.0 Å². The van der Waals surface area contributed by atoms with Crippen LogP contribution in [0.2, 0.25) is 0 Å². The van der Waals surface area contributed by atoms with Crippen molar-refractivity contribution in [3.05, 3.63) is 76.8 Å². The van der Waals surface area contributed by atoms with E-state index in [0.717, 1.165) is 11.1 Å². The highest BCUT2D eigenvalue weighted by Gasteiger charge is 2.44. The zero-order chi connectivity index (χ0) is 19.0. The van der Waals surface area contributed by atoms with Crippen molar-refractivity contribution in [2.24, 2.45) is 5.92 Å². The van der Waals surface area contributed by atoms with Crippen LogP contribution in [0.25, 0.3) is 0 Å². The summed E-state index contributed by atoms with van der Waals surface area (Å²) in [7, 11) is 0. The fourth-order valence-corrected chi connectivity index (χ4v) is 3.19. The summed E-state index contributed by atoms with van der Waals surface area (Å²) in [6.07, 6.45) is 0. The predicted octanol–water partition coefficient (Wildman–Crippen LogP) is 4.26. The van der Waals surface area contributed by atoms with E-state index in [1.54, 1.807) is 13.8 Å². The summed E-state index contributed by atoms with van der Waals surface area (Å²) in [5, 5.41) is 10.5. The van der Waals surface area contributed by atoms with E-state index >= 15 is 0 Å². The Bertz CT molecular complexity index is 900. The predicted molar refractivity (Wildman–Crippen MR) is 97.3 cm³/mol. The van der Waals surface area contributed by atoms with Crippen LogP contribution < -0.4 is 4.90 Å². The summed E-state index contributed by atoms with van der Waals surface area (Å²) >= 11 is 0. The van der Waals surface area contributed by atoms with Crippen molar-refractivity contribution < 1.29 is 19.1 Å². The Kier molecular flexibility index (Phi) is 4.64. The normalized spacial score (nSPS) is 17.3. The highest BCUT2D eigenvalue weighted by molar-refractivity contribution is 6.16. The van der Waals surface area contributed by atoms with E-state index in [0.29, 0.717) is 5.69 Å². The quantitative estimate of drug-likeness (QED) is 0.893. The lowest BCUT2D eigenvalue weighted by Crippen LogP contribution is -2.31. The van der Waals surface area contributed by atoms with Crippen LogP contribution >= 0.6 is 0 Å². The molecule has 0 aromatic heterocycles. The van der Waals surface area contributed by atoms with Crippen molar-refractivity contribution in [2.45, 2.75) is 26.8 Å². The van der Waals surface area contributed by atoms with Crippen LogP contribution in [0.4, 0.5) is 10.1 Å². The van der Waals surface area contributed by atoms with Gasteiger partial charge >= 0.3 is 0 Å². The molecule has 26 heavy (non-hydrogen) atoms. The first kappa shape index (κ1) is 17.9. The summed E-state index contributed by atoms with van der Waals surface area (Å²) < 4.78 is 13.3. The number of rotatable bonds is 4. The van der Waals surface area contributed by atoms with Crippen LogP contribution in [0, 0.1) is 18.7 Å². The molecule has 1 N–H and O–H groups in total. The monoisotopic (exact) mass is 353 g/mol. The molecular weight excluding hydrogens is 333 g/mol. The second kappa shape index (κ2) is 6.75. The minimum Gasteiger partial charge on any atom is -0.503 e. The molecule has 0 bridgehead atoms. The van der Waals surface area contributed by atoms with Gasteiger partial charge in [-0.1, -0.05) is 43.7 Å². The largest absolute Gasteiger partial charge is 0.503 e. The molecule has 1 aliphatic rings. The minimum atomic E-state index is -0.747. The Labute approximate surface area is 151 Å². The summed E-state index contributed by atoms with van der Waals surface area (Å²) in [5.74, 6) is -2.29. The molecule has 3 rings (SSSR count). The standard InChI is InChI=1S/C21H20FNO3/c1-12(2)19(24)17-18(14-6-4-5-13(3)11-14)23(21(26)20(17)25)16-9-7-15(22)8-10-16/h4-12,18,25H,1-3H3. The first-order chi connectivity index (χ1) is 12.3. The van der Waals surface area contributed by atoms with Gasteiger partial charge in [-0.2, -0.15) is 0 Å². The summed E-state index contributed by atoms with van der Waals surface area (Å²) in [4.78, 5) is 26.9. The molecule has 2 aromatic rings. The molecule has 0 saturated carbocycles. The van der Waals surface area contributed by atoms with Crippen molar-refractivity contribution in [1.29, 1.82) is 0 Å². The number of carbonyl (C=O) groups excluding carboxylic acids is 2. The summed E-state index contributed by atoms with van der Waals surface area (Å²) in [6, 6.07) is 12.1. The van der Waals surface area contributed by atoms with E-state index in [1.165, 1.54) is 29.2 Å². The van der Waals surface area contributed by atoms with Gasteiger partial charge in [0.1, 0.15) is 5.82 Å². The Morgan fingerprint density at radius 1 is 1.15 bits per heavy atom. The van der Waals surface area contributed by atoms with Gasteiger partial charge in [-0.15, -0.1) is 0 Å². The molecule has 0 radical (unpaired) electrons. The first-order valence-corrected chi connectivity index (χ1v) is 8.44. The lowest BCUT2D eigenvalue weighted by Gasteiger charge is -2.27. The molecule has 1 atom stereocenters. The van der Waals surface area contributed by atoms with Crippen molar-refractivity contribution in [1.82, 2.24) is 0 Å². The maximum absolute atomic E-state index is 13.3. The minimum absolute atomic E-state index is 0.0833. The Hall–Kier alpha value is -2.95. The Morgan fingerprint density at radius 3 is 2.38 bits per heavy atom.